The number of carbonyl (C=O) groups is 1. The molecule has 1 aromatic carbocycles. The summed E-state index contributed by atoms with van der Waals surface area (Å²) in [7, 11) is 2.80. The molecule has 0 spiro atoms. The minimum atomic E-state index is -0.532. The molecule has 0 aliphatic carbocycles. The van der Waals surface area contributed by atoms with Gasteiger partial charge in [-0.3, -0.25) is 14.2 Å². The van der Waals surface area contributed by atoms with Gasteiger partial charge in [-0.05, 0) is 11.6 Å². The van der Waals surface area contributed by atoms with Crippen molar-refractivity contribution in [3.05, 3.63) is 62.8 Å². The Morgan fingerprint density at radius 3 is 2.72 bits per heavy atom. The van der Waals surface area contributed by atoms with Crippen molar-refractivity contribution in [2.45, 2.75) is 5.03 Å². The molecule has 0 unspecified atom stereocenters. The molecule has 8 nitrogen and oxygen atoms in total. The van der Waals surface area contributed by atoms with Crippen LogP contribution in [-0.2, 0) is 18.9 Å². The molecule has 0 aliphatic rings. The second-order valence-electron chi connectivity index (χ2n) is 4.95. The molecule has 0 bridgehead atoms. The van der Waals surface area contributed by atoms with E-state index in [2.05, 4.69) is 15.6 Å². The fraction of sp³-hybridized carbons (Fsp3) is 0.188. The summed E-state index contributed by atoms with van der Waals surface area (Å²) < 4.78 is 1.99. The molecular weight excluding hydrogens is 342 g/mol. The summed E-state index contributed by atoms with van der Waals surface area (Å²) in [6.07, 6.45) is 5.01. The topological polar surface area (TPSA) is 98.3 Å². The van der Waals surface area contributed by atoms with Gasteiger partial charge in [0, 0.05) is 20.3 Å². The second kappa shape index (κ2) is 8.78. The Morgan fingerprint density at radius 2 is 2.00 bits per heavy atom. The lowest BCUT2D eigenvalue weighted by atomic mass is 10.2. The minimum Gasteiger partial charge on any atom is -0.272 e. The van der Waals surface area contributed by atoms with E-state index in [4.69, 9.17) is 0 Å². The number of nitrogens with one attached hydrogen (secondary N) is 1. The molecule has 2 rings (SSSR count). The second-order valence-corrected chi connectivity index (χ2v) is 5.91. The van der Waals surface area contributed by atoms with Crippen LogP contribution in [0.3, 0.4) is 0 Å². The van der Waals surface area contributed by atoms with E-state index in [1.165, 1.54) is 20.3 Å². The highest BCUT2D eigenvalue weighted by Crippen LogP contribution is 2.07. The molecule has 2 aromatic rings. The van der Waals surface area contributed by atoms with Gasteiger partial charge in [-0.25, -0.2) is 14.9 Å². The summed E-state index contributed by atoms with van der Waals surface area (Å²) in [5.74, 6) is -0.424. The molecular formula is C16H17N5O3S. The van der Waals surface area contributed by atoms with Crippen molar-refractivity contribution in [2.24, 2.45) is 19.2 Å². The Labute approximate surface area is 147 Å². The molecule has 0 saturated heterocycles. The van der Waals surface area contributed by atoms with Crippen molar-refractivity contribution in [1.82, 2.24) is 19.8 Å². The molecule has 25 heavy (non-hydrogen) atoms. The van der Waals surface area contributed by atoms with Crippen molar-refractivity contribution >= 4 is 30.0 Å². The van der Waals surface area contributed by atoms with E-state index in [0.717, 1.165) is 26.6 Å². The Morgan fingerprint density at radius 1 is 1.28 bits per heavy atom. The van der Waals surface area contributed by atoms with Crippen LogP contribution in [0.15, 0.2) is 56.1 Å². The van der Waals surface area contributed by atoms with Crippen molar-refractivity contribution < 1.29 is 4.79 Å². The van der Waals surface area contributed by atoms with E-state index in [-0.39, 0.29) is 16.7 Å². The minimum absolute atomic E-state index is 0.0415. The van der Waals surface area contributed by atoms with Crippen LogP contribution >= 0.6 is 11.8 Å². The summed E-state index contributed by atoms with van der Waals surface area (Å²) in [4.78, 5) is 35.1. The predicted octanol–water partition coefficient (Wildman–Crippen LogP) is 0.387. The first-order valence-corrected chi connectivity index (χ1v) is 8.28. The number of hydrogen-bond donors (Lipinski definition) is 1. The quantitative estimate of drug-likeness (QED) is 0.457. The number of amides is 1. The highest BCUT2D eigenvalue weighted by Gasteiger charge is 2.11. The van der Waals surface area contributed by atoms with Crippen LogP contribution in [0.5, 0.6) is 0 Å². The van der Waals surface area contributed by atoms with Gasteiger partial charge in [-0.15, -0.1) is 0 Å². The van der Waals surface area contributed by atoms with E-state index in [0.29, 0.717) is 0 Å². The first-order chi connectivity index (χ1) is 12.0. The number of benzene rings is 1. The van der Waals surface area contributed by atoms with E-state index in [1.807, 2.05) is 36.4 Å². The average molecular weight is 359 g/mol. The number of hydrazone groups is 1. The Kier molecular flexibility index (Phi) is 6.47. The molecule has 130 valence electrons. The fourth-order valence-corrected chi connectivity index (χ4v) is 2.57. The molecule has 0 saturated carbocycles. The van der Waals surface area contributed by atoms with Crippen molar-refractivity contribution in [3.8, 4) is 0 Å². The zero-order valence-corrected chi connectivity index (χ0v) is 14.6. The Hall–Kier alpha value is -2.94. The largest absolute Gasteiger partial charge is 0.346 e. The van der Waals surface area contributed by atoms with Gasteiger partial charge >= 0.3 is 5.69 Å². The van der Waals surface area contributed by atoms with Crippen LogP contribution in [0.2, 0.25) is 0 Å². The molecule has 1 N–H and O–H groups in total. The van der Waals surface area contributed by atoms with Crippen LogP contribution in [-0.4, -0.2) is 32.2 Å². The van der Waals surface area contributed by atoms with E-state index >= 15 is 0 Å². The molecule has 0 aliphatic heterocycles. The molecule has 1 heterocycles. The first kappa shape index (κ1) is 18.4. The van der Waals surface area contributed by atoms with E-state index in [1.54, 1.807) is 6.08 Å². The summed E-state index contributed by atoms with van der Waals surface area (Å²) in [5.41, 5.74) is 2.32. The highest BCUT2D eigenvalue weighted by molar-refractivity contribution is 7.99. The smallest absolute Gasteiger partial charge is 0.272 e. The maximum absolute atomic E-state index is 11.9. The van der Waals surface area contributed by atoms with Crippen LogP contribution in [0.1, 0.15) is 5.56 Å². The van der Waals surface area contributed by atoms with Gasteiger partial charge in [0.05, 0.1) is 5.75 Å². The third kappa shape index (κ3) is 5.28. The Balaban J connectivity index is 1.85. The number of carbonyl (C=O) groups excluding carboxylic acids is 1. The molecule has 1 aromatic heterocycles. The number of rotatable bonds is 6. The van der Waals surface area contributed by atoms with E-state index in [9.17, 15) is 14.4 Å². The standard InChI is InChI=1S/C16H17N5O3S/c1-20-15(23)14(19-21(2)16(20)24)25-11-13(22)18-17-10-6-9-12-7-4-3-5-8-12/h3-10H,11H2,1-2H3,(H,18,22)/b9-6+,17-10-. The number of aromatic nitrogens is 3. The number of thioether (sulfide) groups is 1. The van der Waals surface area contributed by atoms with Crippen LogP contribution < -0.4 is 16.7 Å². The molecule has 0 fully saturated rings. The number of aryl methyl sites for hydroxylation is 1. The van der Waals surface area contributed by atoms with E-state index < -0.39 is 11.2 Å². The van der Waals surface area contributed by atoms with Gasteiger partial charge in [-0.1, -0.05) is 48.2 Å². The average Bonchev–Trinajstić information content (AvgIpc) is 2.62. The fourth-order valence-electron chi connectivity index (χ4n) is 1.80. The van der Waals surface area contributed by atoms with Crippen molar-refractivity contribution in [3.63, 3.8) is 0 Å². The van der Waals surface area contributed by atoms with Gasteiger partial charge in [0.25, 0.3) is 5.56 Å². The van der Waals surface area contributed by atoms with Gasteiger partial charge in [0.15, 0.2) is 5.03 Å². The Bertz CT molecular complexity index is 916. The molecule has 9 heteroatoms. The van der Waals surface area contributed by atoms with Crippen LogP contribution in [0, 0.1) is 0 Å². The zero-order valence-electron chi connectivity index (χ0n) is 13.7. The van der Waals surface area contributed by atoms with Gasteiger partial charge < -0.3 is 0 Å². The van der Waals surface area contributed by atoms with Crippen molar-refractivity contribution in [2.75, 3.05) is 5.75 Å². The lowest BCUT2D eigenvalue weighted by Crippen LogP contribution is -2.39. The lowest BCUT2D eigenvalue weighted by molar-refractivity contribution is -0.118. The summed E-state index contributed by atoms with van der Waals surface area (Å²) in [5, 5.41) is 7.72. The van der Waals surface area contributed by atoms with Gasteiger partial charge in [0.1, 0.15) is 0 Å². The summed E-state index contributed by atoms with van der Waals surface area (Å²) in [6, 6.07) is 9.66. The maximum Gasteiger partial charge on any atom is 0.346 e. The number of nitrogens with zero attached hydrogens (tertiary/aromatic N) is 4. The highest BCUT2D eigenvalue weighted by atomic mass is 32.2. The SMILES string of the molecule is Cn1nc(SCC(=O)N/N=C\C=C\c2ccccc2)c(=O)n(C)c1=O. The zero-order chi connectivity index (χ0) is 18.2. The predicted molar refractivity (Wildman–Crippen MR) is 97.6 cm³/mol. The summed E-state index contributed by atoms with van der Waals surface area (Å²) in [6.45, 7) is 0. The number of hydrogen-bond acceptors (Lipinski definition) is 6. The normalized spacial score (nSPS) is 11.3. The van der Waals surface area contributed by atoms with Crippen LogP contribution in [0.25, 0.3) is 6.08 Å². The summed E-state index contributed by atoms with van der Waals surface area (Å²) >= 11 is 0.945. The van der Waals surface area contributed by atoms with Crippen LogP contribution in [0.4, 0.5) is 0 Å². The lowest BCUT2D eigenvalue weighted by Gasteiger charge is -2.04. The van der Waals surface area contributed by atoms with Gasteiger partial charge in [-0.2, -0.15) is 10.2 Å². The third-order valence-electron chi connectivity index (χ3n) is 3.07. The third-order valence-corrected chi connectivity index (χ3v) is 4.01. The molecule has 1 amide bonds. The van der Waals surface area contributed by atoms with Gasteiger partial charge in [0.2, 0.25) is 5.91 Å². The maximum atomic E-state index is 11.9. The monoisotopic (exact) mass is 359 g/mol. The molecule has 0 atom stereocenters. The first-order valence-electron chi connectivity index (χ1n) is 7.30. The van der Waals surface area contributed by atoms with Crippen molar-refractivity contribution in [1.29, 1.82) is 0 Å². The number of allylic oxidation sites excluding steroid dienone is 1. The molecule has 0 radical (unpaired) electrons.